The third-order valence-electron chi connectivity index (χ3n) is 2.73. The molecular weight excluding hydrogens is 226 g/mol. The summed E-state index contributed by atoms with van der Waals surface area (Å²) in [5, 5.41) is 8.68. The van der Waals surface area contributed by atoms with Crippen LogP contribution in [0.25, 0.3) is 10.9 Å². The highest BCUT2D eigenvalue weighted by Gasteiger charge is 2.02. The van der Waals surface area contributed by atoms with Crippen molar-refractivity contribution in [1.29, 1.82) is 0 Å². The highest BCUT2D eigenvalue weighted by Crippen LogP contribution is 2.21. The smallest absolute Gasteiger partial charge is 0.169 e. The molecule has 2 heterocycles. The van der Waals surface area contributed by atoms with Crippen LogP contribution in [0.2, 0.25) is 0 Å². The first-order valence-electron chi connectivity index (χ1n) is 5.75. The molecule has 0 atom stereocenters. The number of fused-ring (bicyclic) bond motifs is 1. The predicted octanol–water partition coefficient (Wildman–Crippen LogP) is 1.98. The summed E-state index contributed by atoms with van der Waals surface area (Å²) in [6.45, 7) is 0.606. The maximum Gasteiger partial charge on any atom is 0.169 e. The van der Waals surface area contributed by atoms with Crippen molar-refractivity contribution < 1.29 is 0 Å². The molecule has 2 aromatic heterocycles. The summed E-state index contributed by atoms with van der Waals surface area (Å²) in [5.41, 5.74) is 2.03. The van der Waals surface area contributed by atoms with Crippen LogP contribution in [0.1, 0.15) is 5.82 Å². The van der Waals surface area contributed by atoms with E-state index in [1.54, 1.807) is 17.2 Å². The predicted molar refractivity (Wildman–Crippen MR) is 70.1 cm³/mol. The van der Waals surface area contributed by atoms with Gasteiger partial charge in [0.15, 0.2) is 5.82 Å². The van der Waals surface area contributed by atoms with Crippen LogP contribution in [0.3, 0.4) is 0 Å². The van der Waals surface area contributed by atoms with E-state index in [2.05, 4.69) is 26.4 Å². The molecule has 0 fully saturated rings. The van der Waals surface area contributed by atoms with E-state index >= 15 is 0 Å². The van der Waals surface area contributed by atoms with E-state index in [-0.39, 0.29) is 0 Å². The van der Waals surface area contributed by atoms with Crippen LogP contribution in [-0.4, -0.2) is 19.7 Å². The molecule has 0 bridgehead atoms. The fourth-order valence-electron chi connectivity index (χ4n) is 1.89. The fraction of sp³-hybridized carbons (Fsp3) is 0.154. The van der Waals surface area contributed by atoms with Gasteiger partial charge in [0.1, 0.15) is 6.33 Å². The number of hydrogen-bond acceptors (Lipinski definition) is 4. The third kappa shape index (κ3) is 2.02. The molecule has 5 nitrogen and oxygen atoms in total. The largest absolute Gasteiger partial charge is 0.377 e. The minimum absolute atomic E-state index is 0.606. The van der Waals surface area contributed by atoms with Crippen LogP contribution in [0.15, 0.2) is 42.9 Å². The number of pyridine rings is 1. The van der Waals surface area contributed by atoms with Crippen molar-refractivity contribution >= 4 is 16.6 Å². The molecule has 1 aromatic carbocycles. The van der Waals surface area contributed by atoms with Crippen LogP contribution in [0, 0.1) is 0 Å². The van der Waals surface area contributed by atoms with Crippen molar-refractivity contribution in [3.05, 3.63) is 48.7 Å². The lowest BCUT2D eigenvalue weighted by Crippen LogP contribution is -2.03. The highest BCUT2D eigenvalue weighted by atomic mass is 15.3. The molecule has 0 saturated carbocycles. The van der Waals surface area contributed by atoms with Gasteiger partial charge in [0.05, 0.1) is 12.1 Å². The Morgan fingerprint density at radius 2 is 2.06 bits per heavy atom. The molecule has 3 aromatic rings. The molecule has 18 heavy (non-hydrogen) atoms. The second kappa shape index (κ2) is 4.44. The van der Waals surface area contributed by atoms with Crippen molar-refractivity contribution in [2.24, 2.45) is 7.05 Å². The summed E-state index contributed by atoms with van der Waals surface area (Å²) < 4.78 is 1.70. The van der Waals surface area contributed by atoms with Crippen LogP contribution in [0.4, 0.5) is 5.69 Å². The van der Waals surface area contributed by atoms with Gasteiger partial charge in [-0.05, 0) is 12.1 Å². The Morgan fingerprint density at radius 1 is 1.17 bits per heavy atom. The van der Waals surface area contributed by atoms with Crippen LogP contribution < -0.4 is 5.32 Å². The lowest BCUT2D eigenvalue weighted by atomic mass is 10.2. The zero-order chi connectivity index (χ0) is 12.4. The summed E-state index contributed by atoms with van der Waals surface area (Å²) in [7, 11) is 1.86. The Kier molecular flexibility index (Phi) is 2.64. The maximum absolute atomic E-state index is 4.33. The van der Waals surface area contributed by atoms with Crippen molar-refractivity contribution in [3.63, 3.8) is 0 Å². The molecule has 0 spiro atoms. The minimum Gasteiger partial charge on any atom is -0.377 e. The van der Waals surface area contributed by atoms with E-state index in [9.17, 15) is 0 Å². The SMILES string of the molecule is Cn1cnc(CNc2ccnc3ccccc23)n1. The summed E-state index contributed by atoms with van der Waals surface area (Å²) >= 11 is 0. The molecule has 5 heteroatoms. The first-order chi connectivity index (χ1) is 8.83. The van der Waals surface area contributed by atoms with Gasteiger partial charge in [-0.25, -0.2) is 4.98 Å². The van der Waals surface area contributed by atoms with Gasteiger partial charge in [0.2, 0.25) is 0 Å². The Labute approximate surface area is 104 Å². The number of nitrogens with zero attached hydrogens (tertiary/aromatic N) is 4. The summed E-state index contributed by atoms with van der Waals surface area (Å²) in [6, 6.07) is 10.0. The maximum atomic E-state index is 4.33. The second-order valence-corrected chi connectivity index (χ2v) is 4.06. The molecule has 90 valence electrons. The normalized spacial score (nSPS) is 10.7. The van der Waals surface area contributed by atoms with Crippen LogP contribution in [0.5, 0.6) is 0 Å². The van der Waals surface area contributed by atoms with Gasteiger partial charge in [-0.2, -0.15) is 5.10 Å². The van der Waals surface area contributed by atoms with Crippen molar-refractivity contribution in [2.45, 2.75) is 6.54 Å². The third-order valence-corrected chi connectivity index (χ3v) is 2.73. The van der Waals surface area contributed by atoms with Gasteiger partial charge in [0, 0.05) is 24.3 Å². The average molecular weight is 239 g/mol. The molecular formula is C13H13N5. The zero-order valence-electron chi connectivity index (χ0n) is 10.0. The Bertz CT molecular complexity index is 668. The summed E-state index contributed by atoms with van der Waals surface area (Å²) in [4.78, 5) is 8.51. The topological polar surface area (TPSA) is 55.6 Å². The molecule has 0 aliphatic carbocycles. The zero-order valence-corrected chi connectivity index (χ0v) is 10.0. The number of benzene rings is 1. The quantitative estimate of drug-likeness (QED) is 0.759. The molecule has 0 aliphatic heterocycles. The van der Waals surface area contributed by atoms with E-state index < -0.39 is 0 Å². The van der Waals surface area contributed by atoms with Gasteiger partial charge in [-0.15, -0.1) is 0 Å². The monoisotopic (exact) mass is 239 g/mol. The molecule has 0 unspecified atom stereocenters. The first kappa shape index (κ1) is 10.7. The molecule has 1 N–H and O–H groups in total. The standard InChI is InChI=1S/C13H13N5/c1-18-9-16-13(17-18)8-15-12-6-7-14-11-5-3-2-4-10(11)12/h2-7,9H,8H2,1H3,(H,14,15). The molecule has 0 amide bonds. The lowest BCUT2D eigenvalue weighted by Gasteiger charge is -2.07. The molecule has 0 aliphatic rings. The van der Waals surface area contributed by atoms with Crippen LogP contribution in [-0.2, 0) is 13.6 Å². The number of anilines is 1. The van der Waals surface area contributed by atoms with Crippen molar-refractivity contribution in [1.82, 2.24) is 19.7 Å². The number of aryl methyl sites for hydroxylation is 1. The number of rotatable bonds is 3. The minimum atomic E-state index is 0.606. The summed E-state index contributed by atoms with van der Waals surface area (Å²) in [5.74, 6) is 0.776. The average Bonchev–Trinajstić information content (AvgIpc) is 2.82. The fourth-order valence-corrected chi connectivity index (χ4v) is 1.89. The number of aromatic nitrogens is 4. The van der Waals surface area contributed by atoms with Gasteiger partial charge in [-0.3, -0.25) is 9.67 Å². The first-order valence-corrected chi connectivity index (χ1v) is 5.75. The van der Waals surface area contributed by atoms with Gasteiger partial charge in [-0.1, -0.05) is 18.2 Å². The van der Waals surface area contributed by atoms with Crippen LogP contribution >= 0.6 is 0 Å². The lowest BCUT2D eigenvalue weighted by molar-refractivity contribution is 0.747. The van der Waals surface area contributed by atoms with Gasteiger partial charge < -0.3 is 5.32 Å². The molecule has 3 rings (SSSR count). The van der Waals surface area contributed by atoms with Gasteiger partial charge >= 0.3 is 0 Å². The second-order valence-electron chi connectivity index (χ2n) is 4.06. The van der Waals surface area contributed by atoms with Crippen molar-refractivity contribution in [2.75, 3.05) is 5.32 Å². The van der Waals surface area contributed by atoms with E-state index in [4.69, 9.17) is 0 Å². The number of para-hydroxylation sites is 1. The Morgan fingerprint density at radius 3 is 2.89 bits per heavy atom. The van der Waals surface area contributed by atoms with E-state index in [0.29, 0.717) is 6.54 Å². The summed E-state index contributed by atoms with van der Waals surface area (Å²) in [6.07, 6.45) is 3.50. The van der Waals surface area contributed by atoms with Gasteiger partial charge in [0.25, 0.3) is 0 Å². The Hall–Kier alpha value is -2.43. The Balaban J connectivity index is 1.86. The van der Waals surface area contributed by atoms with E-state index in [1.807, 2.05) is 31.3 Å². The number of hydrogen-bond donors (Lipinski definition) is 1. The highest BCUT2D eigenvalue weighted by molar-refractivity contribution is 5.90. The molecule has 0 radical (unpaired) electrons. The van der Waals surface area contributed by atoms with E-state index in [1.165, 1.54) is 0 Å². The molecule has 0 saturated heterocycles. The van der Waals surface area contributed by atoms with E-state index in [0.717, 1.165) is 22.4 Å². The van der Waals surface area contributed by atoms with Crippen molar-refractivity contribution in [3.8, 4) is 0 Å². The number of nitrogens with one attached hydrogen (secondary N) is 1.